The van der Waals surface area contributed by atoms with Gasteiger partial charge in [-0.2, -0.15) is 0 Å². The summed E-state index contributed by atoms with van der Waals surface area (Å²) in [5.41, 5.74) is 1.94. The highest BCUT2D eigenvalue weighted by molar-refractivity contribution is 9.10. The third-order valence-electron chi connectivity index (χ3n) is 5.66. The van der Waals surface area contributed by atoms with Crippen LogP contribution in [0.5, 0.6) is 11.5 Å². The number of para-hydroxylation sites is 1. The van der Waals surface area contributed by atoms with Crippen molar-refractivity contribution in [1.29, 1.82) is 0 Å². The van der Waals surface area contributed by atoms with Gasteiger partial charge >= 0.3 is 0 Å². The maximum Gasteiger partial charge on any atom is 0.291 e. The van der Waals surface area contributed by atoms with Crippen molar-refractivity contribution in [3.63, 3.8) is 0 Å². The molecule has 6 nitrogen and oxygen atoms in total. The van der Waals surface area contributed by atoms with E-state index in [2.05, 4.69) is 15.9 Å². The number of benzene rings is 3. The zero-order valence-electron chi connectivity index (χ0n) is 17.0. The second-order valence-electron chi connectivity index (χ2n) is 7.54. The lowest BCUT2D eigenvalue weighted by Gasteiger charge is -2.26. The molecular formula is C25H18BrNO5. The van der Waals surface area contributed by atoms with Gasteiger partial charge in [-0.3, -0.25) is 9.59 Å². The van der Waals surface area contributed by atoms with Crippen LogP contribution in [0.2, 0.25) is 0 Å². The van der Waals surface area contributed by atoms with Gasteiger partial charge in [-0.15, -0.1) is 0 Å². The number of carbonyl (C=O) groups is 1. The first-order chi connectivity index (χ1) is 15.5. The van der Waals surface area contributed by atoms with E-state index in [1.807, 2.05) is 30.3 Å². The molecule has 0 aliphatic carbocycles. The van der Waals surface area contributed by atoms with Gasteiger partial charge in [0.2, 0.25) is 5.76 Å². The minimum Gasteiger partial charge on any atom is -0.503 e. The number of aromatic hydroxyl groups is 1. The van der Waals surface area contributed by atoms with E-state index in [4.69, 9.17) is 9.15 Å². The Bertz CT molecular complexity index is 1410. The van der Waals surface area contributed by atoms with E-state index < -0.39 is 6.04 Å². The number of amides is 1. The van der Waals surface area contributed by atoms with Crippen molar-refractivity contribution < 1.29 is 19.1 Å². The molecule has 5 rings (SSSR count). The van der Waals surface area contributed by atoms with E-state index >= 15 is 0 Å². The lowest BCUT2D eigenvalue weighted by molar-refractivity contribution is 0.0714. The molecule has 0 saturated carbocycles. The third-order valence-corrected chi connectivity index (χ3v) is 6.26. The summed E-state index contributed by atoms with van der Waals surface area (Å²) in [6.07, 6.45) is 0. The van der Waals surface area contributed by atoms with Crippen molar-refractivity contribution in [2.75, 3.05) is 7.11 Å². The normalized spacial score (nSPS) is 15.2. The largest absolute Gasteiger partial charge is 0.503 e. The number of phenols is 1. The fourth-order valence-electron chi connectivity index (χ4n) is 4.16. The van der Waals surface area contributed by atoms with Crippen molar-refractivity contribution in [3.05, 3.63) is 104 Å². The number of ether oxygens (including phenoxy) is 1. The predicted octanol–water partition coefficient (Wildman–Crippen LogP) is 5.02. The maximum absolute atomic E-state index is 13.5. The number of fused-ring (bicyclic) bond motifs is 2. The Morgan fingerprint density at radius 1 is 1.06 bits per heavy atom. The Labute approximate surface area is 191 Å². The Hall–Kier alpha value is -3.58. The number of methoxy groups -OCH3 is 1. The molecular weight excluding hydrogens is 474 g/mol. The third kappa shape index (κ3) is 3.17. The van der Waals surface area contributed by atoms with E-state index in [0.29, 0.717) is 21.0 Å². The van der Waals surface area contributed by atoms with Crippen molar-refractivity contribution in [2.24, 2.45) is 0 Å². The minimum absolute atomic E-state index is 0.0396. The first-order valence-corrected chi connectivity index (χ1v) is 10.8. The number of nitrogens with zero attached hydrogens (tertiary/aromatic N) is 1. The van der Waals surface area contributed by atoms with Crippen LogP contribution in [0.15, 0.2) is 80.4 Å². The molecule has 1 atom stereocenters. The number of hydrogen-bond donors (Lipinski definition) is 1. The van der Waals surface area contributed by atoms with Gasteiger partial charge in [0.25, 0.3) is 5.91 Å². The highest BCUT2D eigenvalue weighted by Crippen LogP contribution is 2.44. The monoisotopic (exact) mass is 491 g/mol. The van der Waals surface area contributed by atoms with Gasteiger partial charge in [0.05, 0.1) is 28.6 Å². The zero-order valence-corrected chi connectivity index (χ0v) is 18.6. The molecule has 0 radical (unpaired) electrons. The fraction of sp³-hybridized carbons (Fsp3) is 0.120. The van der Waals surface area contributed by atoms with Crippen LogP contribution in [0.1, 0.15) is 33.3 Å². The summed E-state index contributed by atoms with van der Waals surface area (Å²) in [4.78, 5) is 28.6. The molecule has 2 heterocycles. The van der Waals surface area contributed by atoms with Gasteiger partial charge in [0.1, 0.15) is 5.58 Å². The molecule has 32 heavy (non-hydrogen) atoms. The quantitative estimate of drug-likeness (QED) is 0.433. The molecule has 0 unspecified atom stereocenters. The Morgan fingerprint density at radius 2 is 1.78 bits per heavy atom. The number of phenolic OH excluding ortho intramolecular Hbond substituents is 1. The van der Waals surface area contributed by atoms with E-state index in [1.165, 1.54) is 7.11 Å². The predicted molar refractivity (Wildman–Crippen MR) is 123 cm³/mol. The van der Waals surface area contributed by atoms with Gasteiger partial charge in [-0.1, -0.05) is 42.5 Å². The highest BCUT2D eigenvalue weighted by atomic mass is 79.9. The number of carbonyl (C=O) groups excluding carboxylic acids is 1. The molecule has 0 bridgehead atoms. The Kier molecular flexibility index (Phi) is 4.98. The van der Waals surface area contributed by atoms with Crippen molar-refractivity contribution in [2.45, 2.75) is 12.6 Å². The average Bonchev–Trinajstić information content (AvgIpc) is 3.08. The second-order valence-corrected chi connectivity index (χ2v) is 8.40. The maximum atomic E-state index is 13.5. The van der Waals surface area contributed by atoms with E-state index in [0.717, 1.165) is 5.56 Å². The fourth-order valence-corrected chi connectivity index (χ4v) is 4.62. The van der Waals surface area contributed by atoms with Crippen molar-refractivity contribution in [1.82, 2.24) is 4.90 Å². The standard InChI is InChI=1S/C25H18BrNO5/c1-31-19-12-15(11-17(26)23(19)29)21-20-22(28)16-9-5-6-10-18(16)32-24(20)25(30)27(21)13-14-7-3-2-4-8-14/h2-12,21,29H,13H2,1H3/t21-/m0/s1. The zero-order chi connectivity index (χ0) is 22.4. The van der Waals surface area contributed by atoms with Crippen LogP contribution in [0, 0.1) is 0 Å². The summed E-state index contributed by atoms with van der Waals surface area (Å²) in [5, 5.41) is 10.7. The number of halogens is 1. The van der Waals surface area contributed by atoms with Crippen LogP contribution in [0.3, 0.4) is 0 Å². The van der Waals surface area contributed by atoms with Gasteiger partial charge < -0.3 is 19.2 Å². The molecule has 1 aliphatic rings. The summed E-state index contributed by atoms with van der Waals surface area (Å²) in [7, 11) is 1.45. The lowest BCUT2D eigenvalue weighted by Crippen LogP contribution is -2.29. The van der Waals surface area contributed by atoms with Crippen LogP contribution in [0.4, 0.5) is 0 Å². The molecule has 160 valence electrons. The summed E-state index contributed by atoms with van der Waals surface area (Å²) >= 11 is 3.35. The Morgan fingerprint density at radius 3 is 2.53 bits per heavy atom. The van der Waals surface area contributed by atoms with Crippen LogP contribution in [-0.4, -0.2) is 23.0 Å². The first kappa shape index (κ1) is 20.3. The number of hydrogen-bond acceptors (Lipinski definition) is 5. The van der Waals surface area contributed by atoms with Crippen molar-refractivity contribution >= 4 is 32.8 Å². The summed E-state index contributed by atoms with van der Waals surface area (Å²) in [6.45, 7) is 0.283. The molecule has 1 amide bonds. The van der Waals surface area contributed by atoms with E-state index in [1.54, 1.807) is 41.3 Å². The molecule has 4 aromatic rings. The van der Waals surface area contributed by atoms with Crippen LogP contribution < -0.4 is 10.2 Å². The van der Waals surface area contributed by atoms with Gasteiger partial charge in [-0.05, 0) is 51.3 Å². The van der Waals surface area contributed by atoms with Gasteiger partial charge in [0, 0.05) is 6.54 Å². The molecule has 1 aromatic heterocycles. The smallest absolute Gasteiger partial charge is 0.291 e. The second kappa shape index (κ2) is 7.84. The number of rotatable bonds is 4. The highest BCUT2D eigenvalue weighted by Gasteiger charge is 2.43. The molecule has 1 N–H and O–H groups in total. The SMILES string of the molecule is COc1cc([C@H]2c3c(oc4ccccc4c3=O)C(=O)N2Cc2ccccc2)cc(Br)c1O. The van der Waals surface area contributed by atoms with Crippen LogP contribution in [-0.2, 0) is 6.54 Å². The first-order valence-electron chi connectivity index (χ1n) is 9.96. The molecule has 3 aromatic carbocycles. The molecule has 0 fully saturated rings. The molecule has 1 aliphatic heterocycles. The van der Waals surface area contributed by atoms with E-state index in [9.17, 15) is 14.7 Å². The van der Waals surface area contributed by atoms with Crippen molar-refractivity contribution in [3.8, 4) is 11.5 Å². The Balaban J connectivity index is 1.76. The summed E-state index contributed by atoms with van der Waals surface area (Å²) < 4.78 is 11.7. The molecule has 7 heteroatoms. The molecule has 0 spiro atoms. The average molecular weight is 492 g/mol. The molecule has 0 saturated heterocycles. The van der Waals surface area contributed by atoms with E-state index in [-0.39, 0.29) is 40.7 Å². The van der Waals surface area contributed by atoms with Gasteiger partial charge in [0.15, 0.2) is 16.9 Å². The summed E-state index contributed by atoms with van der Waals surface area (Å²) in [6, 6.07) is 19.1. The van der Waals surface area contributed by atoms with Gasteiger partial charge in [-0.25, -0.2) is 0 Å². The lowest BCUT2D eigenvalue weighted by atomic mass is 9.97. The van der Waals surface area contributed by atoms with Crippen LogP contribution in [0.25, 0.3) is 11.0 Å². The minimum atomic E-state index is -0.704. The summed E-state index contributed by atoms with van der Waals surface area (Å²) in [5.74, 6) is -0.140. The topological polar surface area (TPSA) is 80.0 Å². The van der Waals surface area contributed by atoms with Crippen LogP contribution >= 0.6 is 15.9 Å².